The van der Waals surface area contributed by atoms with Gasteiger partial charge in [-0.3, -0.25) is 10.1 Å². The smallest absolute Gasteiger partial charge is 0.269 e. The Balaban J connectivity index is 1.49. The summed E-state index contributed by atoms with van der Waals surface area (Å²) in [6, 6.07) is 13.8. The van der Waals surface area contributed by atoms with E-state index >= 15 is 0 Å². The maximum Gasteiger partial charge on any atom is 0.269 e. The number of fused-ring (bicyclic) bond motifs is 1. The summed E-state index contributed by atoms with van der Waals surface area (Å²) in [5, 5.41) is 21.3. The minimum atomic E-state index is -0.735. The molecular weight excluding hydrogens is 370 g/mol. The predicted molar refractivity (Wildman–Crippen MR) is 110 cm³/mol. The second-order valence-electron chi connectivity index (χ2n) is 7.27. The number of hydrogen-bond acceptors (Lipinski definition) is 5. The monoisotopic (exact) mass is 393 g/mol. The lowest BCUT2D eigenvalue weighted by Crippen LogP contribution is -2.25. The fraction of sp³-hybridized carbons (Fsp3) is 0.318. The molecule has 7 nitrogen and oxygen atoms in total. The van der Waals surface area contributed by atoms with Gasteiger partial charge in [0.05, 0.1) is 22.5 Å². The molecule has 0 spiro atoms. The van der Waals surface area contributed by atoms with Gasteiger partial charge in [0, 0.05) is 18.1 Å². The maximum absolute atomic E-state index is 10.7. The average Bonchev–Trinajstić information content (AvgIpc) is 3.11. The number of nitro benzene ring substituents is 1. The third kappa shape index (κ3) is 4.30. The molecule has 0 bridgehead atoms. The second kappa shape index (κ2) is 8.45. The van der Waals surface area contributed by atoms with Crippen LogP contribution in [0.4, 0.5) is 5.69 Å². The molecule has 0 amide bonds. The molecule has 1 aliphatic rings. The van der Waals surface area contributed by atoms with Crippen LogP contribution in [0.15, 0.2) is 60.7 Å². The molecule has 150 valence electrons. The van der Waals surface area contributed by atoms with Crippen molar-refractivity contribution in [3.63, 3.8) is 0 Å². The van der Waals surface area contributed by atoms with E-state index in [0.29, 0.717) is 18.2 Å². The van der Waals surface area contributed by atoms with Gasteiger partial charge in [-0.15, -0.1) is 0 Å². The van der Waals surface area contributed by atoms with E-state index in [2.05, 4.69) is 16.7 Å². The lowest BCUT2D eigenvalue weighted by molar-refractivity contribution is -0.384. The number of rotatable bonds is 7. The van der Waals surface area contributed by atoms with Crippen molar-refractivity contribution < 1.29 is 14.8 Å². The number of para-hydroxylation sites is 2. The SMILES string of the molecule is O=[N+]([O-])c1ccc(OC[C@@H](O)Cn2c([C@@H]3CC=CCC3)nc3ccccc32)cc1. The molecule has 3 aromatic rings. The van der Waals surface area contributed by atoms with Crippen molar-refractivity contribution in [3.05, 3.63) is 76.6 Å². The van der Waals surface area contributed by atoms with Crippen molar-refractivity contribution in [2.75, 3.05) is 6.61 Å². The number of non-ortho nitro benzene ring substituents is 1. The minimum absolute atomic E-state index is 0.00829. The normalized spacial score (nSPS) is 17.3. The van der Waals surface area contributed by atoms with Crippen LogP contribution in [-0.2, 0) is 6.54 Å². The summed E-state index contributed by atoms with van der Waals surface area (Å²) >= 11 is 0. The van der Waals surface area contributed by atoms with Crippen LogP contribution in [0.25, 0.3) is 11.0 Å². The van der Waals surface area contributed by atoms with Gasteiger partial charge in [-0.1, -0.05) is 24.3 Å². The molecular formula is C22H23N3O4. The Labute approximate surface area is 168 Å². The largest absolute Gasteiger partial charge is 0.491 e. The number of imidazole rings is 1. The molecule has 4 rings (SSSR count). The molecule has 0 fully saturated rings. The number of aliphatic hydroxyl groups excluding tert-OH is 1. The molecule has 1 heterocycles. The van der Waals surface area contributed by atoms with Crippen molar-refractivity contribution in [1.29, 1.82) is 0 Å². The lowest BCUT2D eigenvalue weighted by atomic mass is 9.93. The van der Waals surface area contributed by atoms with Gasteiger partial charge in [0.2, 0.25) is 0 Å². The topological polar surface area (TPSA) is 90.4 Å². The predicted octanol–water partition coefficient (Wildman–Crippen LogP) is 4.21. The van der Waals surface area contributed by atoms with Crippen molar-refractivity contribution in [2.24, 2.45) is 0 Å². The molecule has 7 heteroatoms. The fourth-order valence-corrected chi connectivity index (χ4v) is 3.75. The number of ether oxygens (including phenoxy) is 1. The van der Waals surface area contributed by atoms with Crippen LogP contribution in [0.1, 0.15) is 31.0 Å². The number of nitro groups is 1. The van der Waals surface area contributed by atoms with E-state index in [0.717, 1.165) is 36.1 Å². The summed E-state index contributed by atoms with van der Waals surface area (Å²) in [5.74, 6) is 1.84. The van der Waals surface area contributed by atoms with E-state index in [-0.39, 0.29) is 12.3 Å². The van der Waals surface area contributed by atoms with Gasteiger partial charge in [-0.2, -0.15) is 0 Å². The highest BCUT2D eigenvalue weighted by molar-refractivity contribution is 5.76. The molecule has 0 aliphatic heterocycles. The summed E-state index contributed by atoms with van der Waals surface area (Å²) in [6.07, 6.45) is 6.72. The van der Waals surface area contributed by atoms with Gasteiger partial charge in [0.1, 0.15) is 24.3 Å². The van der Waals surface area contributed by atoms with Crippen LogP contribution in [0, 0.1) is 10.1 Å². The Morgan fingerprint density at radius 2 is 2.00 bits per heavy atom. The highest BCUT2D eigenvalue weighted by Crippen LogP contribution is 2.31. The second-order valence-corrected chi connectivity index (χ2v) is 7.27. The third-order valence-corrected chi connectivity index (χ3v) is 5.20. The Hall–Kier alpha value is -3.19. The van der Waals surface area contributed by atoms with Crippen LogP contribution in [0.3, 0.4) is 0 Å². The van der Waals surface area contributed by atoms with Gasteiger partial charge < -0.3 is 14.4 Å². The van der Waals surface area contributed by atoms with E-state index in [9.17, 15) is 15.2 Å². The number of aliphatic hydroxyl groups is 1. The van der Waals surface area contributed by atoms with Crippen LogP contribution < -0.4 is 4.74 Å². The quantitative estimate of drug-likeness (QED) is 0.369. The Bertz CT molecular complexity index is 1030. The molecule has 2 aromatic carbocycles. The van der Waals surface area contributed by atoms with Crippen molar-refractivity contribution in [3.8, 4) is 5.75 Å². The fourth-order valence-electron chi connectivity index (χ4n) is 3.75. The lowest BCUT2D eigenvalue weighted by Gasteiger charge is -2.21. The van der Waals surface area contributed by atoms with Crippen molar-refractivity contribution >= 4 is 16.7 Å². The summed E-state index contributed by atoms with van der Waals surface area (Å²) in [5.41, 5.74) is 1.95. The Morgan fingerprint density at radius 1 is 1.21 bits per heavy atom. The first-order valence-corrected chi connectivity index (χ1v) is 9.77. The van der Waals surface area contributed by atoms with Gasteiger partial charge >= 0.3 is 0 Å². The van der Waals surface area contributed by atoms with Crippen LogP contribution in [0.5, 0.6) is 5.75 Å². The highest BCUT2D eigenvalue weighted by Gasteiger charge is 2.22. The average molecular weight is 393 g/mol. The number of benzene rings is 2. The number of aromatic nitrogens is 2. The van der Waals surface area contributed by atoms with Crippen LogP contribution in [-0.4, -0.2) is 32.3 Å². The van der Waals surface area contributed by atoms with E-state index in [1.807, 2.05) is 24.3 Å². The number of nitrogens with zero attached hydrogens (tertiary/aromatic N) is 3. The first-order valence-electron chi connectivity index (χ1n) is 9.77. The third-order valence-electron chi connectivity index (χ3n) is 5.20. The van der Waals surface area contributed by atoms with Crippen LogP contribution >= 0.6 is 0 Å². The maximum atomic E-state index is 10.7. The van der Waals surface area contributed by atoms with Gasteiger partial charge in [0.15, 0.2) is 0 Å². The zero-order valence-corrected chi connectivity index (χ0v) is 16.0. The van der Waals surface area contributed by atoms with E-state index in [1.165, 1.54) is 24.3 Å². The van der Waals surface area contributed by atoms with Crippen molar-refractivity contribution in [1.82, 2.24) is 9.55 Å². The molecule has 29 heavy (non-hydrogen) atoms. The molecule has 1 aliphatic carbocycles. The van der Waals surface area contributed by atoms with E-state index in [4.69, 9.17) is 9.72 Å². The highest BCUT2D eigenvalue weighted by atomic mass is 16.6. The molecule has 0 saturated heterocycles. The van der Waals surface area contributed by atoms with Crippen LogP contribution in [0.2, 0.25) is 0 Å². The van der Waals surface area contributed by atoms with Gasteiger partial charge in [0.25, 0.3) is 5.69 Å². The Morgan fingerprint density at radius 3 is 2.72 bits per heavy atom. The molecule has 1 N–H and O–H groups in total. The molecule has 0 radical (unpaired) electrons. The van der Waals surface area contributed by atoms with E-state index < -0.39 is 11.0 Å². The molecule has 1 aromatic heterocycles. The summed E-state index contributed by atoms with van der Waals surface area (Å²) < 4.78 is 7.73. The van der Waals surface area contributed by atoms with E-state index in [1.54, 1.807) is 0 Å². The molecule has 0 saturated carbocycles. The first kappa shape index (κ1) is 19.1. The first-order chi connectivity index (χ1) is 14.1. The van der Waals surface area contributed by atoms with Crippen molar-refractivity contribution in [2.45, 2.75) is 37.8 Å². The molecule has 2 atom stereocenters. The van der Waals surface area contributed by atoms with Gasteiger partial charge in [-0.25, -0.2) is 4.98 Å². The zero-order chi connectivity index (χ0) is 20.2. The summed E-state index contributed by atoms with van der Waals surface area (Å²) in [4.78, 5) is 15.1. The summed E-state index contributed by atoms with van der Waals surface area (Å²) in [7, 11) is 0. The number of allylic oxidation sites excluding steroid dienone is 2. The van der Waals surface area contributed by atoms with Gasteiger partial charge in [-0.05, 0) is 43.5 Å². The minimum Gasteiger partial charge on any atom is -0.491 e. The zero-order valence-electron chi connectivity index (χ0n) is 16.0. The molecule has 0 unspecified atom stereocenters. The Kier molecular flexibility index (Phi) is 5.57. The standard InChI is InChI=1S/C22H23N3O4/c26-18(15-29-19-12-10-17(11-13-19)25(27)28)14-24-21-9-5-4-8-20(21)23-22(24)16-6-2-1-3-7-16/h1-2,4-5,8-13,16,18,26H,3,6-7,14-15H2/t16-,18+/m1/s1. The number of hydrogen-bond donors (Lipinski definition) is 1. The summed E-state index contributed by atoms with van der Waals surface area (Å²) in [6.45, 7) is 0.470.